The molecule has 0 spiro atoms. The second kappa shape index (κ2) is 4.59. The average molecular weight is 318 g/mol. The van der Waals surface area contributed by atoms with Crippen molar-refractivity contribution < 1.29 is 8.42 Å². The summed E-state index contributed by atoms with van der Waals surface area (Å²) >= 11 is 6.90. The Morgan fingerprint density at radius 3 is 2.84 bits per heavy atom. The van der Waals surface area contributed by atoms with E-state index in [2.05, 4.69) is 5.10 Å². The minimum Gasteiger partial charge on any atom is -0.267 e. The third-order valence-electron chi connectivity index (χ3n) is 3.03. The maximum absolute atomic E-state index is 12.5. The van der Waals surface area contributed by atoms with E-state index in [0.717, 1.165) is 22.7 Å². The van der Waals surface area contributed by atoms with Gasteiger partial charge in [0.1, 0.15) is 4.21 Å². The first-order valence-corrected chi connectivity index (χ1v) is 8.39. The van der Waals surface area contributed by atoms with Crippen LogP contribution in [0.4, 0.5) is 0 Å². The highest BCUT2D eigenvalue weighted by atomic mass is 35.5. The minimum absolute atomic E-state index is 0.294. The van der Waals surface area contributed by atoms with Gasteiger partial charge in [-0.2, -0.15) is 9.40 Å². The highest BCUT2D eigenvalue weighted by Gasteiger charge is 2.30. The summed E-state index contributed by atoms with van der Waals surface area (Å²) in [7, 11) is -3.45. The molecule has 3 rings (SSSR count). The van der Waals surface area contributed by atoms with Crippen LogP contribution in [0.2, 0.25) is 4.34 Å². The second-order valence-electron chi connectivity index (χ2n) is 4.40. The Kier molecular flexibility index (Phi) is 3.17. The van der Waals surface area contributed by atoms with Gasteiger partial charge in [0.25, 0.3) is 10.0 Å². The molecule has 0 aromatic carbocycles. The smallest absolute Gasteiger partial charge is 0.253 e. The quantitative estimate of drug-likeness (QED) is 0.852. The molecule has 0 N–H and O–H groups in total. The van der Waals surface area contributed by atoms with Crippen LogP contribution in [-0.2, 0) is 23.1 Å². The molecule has 2 aromatic heterocycles. The van der Waals surface area contributed by atoms with Crippen LogP contribution in [0.15, 0.2) is 22.4 Å². The molecule has 0 saturated carbocycles. The molecule has 3 heterocycles. The highest BCUT2D eigenvalue weighted by molar-refractivity contribution is 7.91. The fourth-order valence-electron chi connectivity index (χ4n) is 2.15. The number of thiophene rings is 1. The predicted octanol–water partition coefficient (Wildman–Crippen LogP) is 2.11. The molecule has 0 aliphatic carbocycles. The summed E-state index contributed by atoms with van der Waals surface area (Å²) < 4.78 is 29.0. The van der Waals surface area contributed by atoms with Crippen molar-refractivity contribution in [2.24, 2.45) is 0 Å². The fraction of sp³-hybridized carbons (Fsp3) is 0.364. The first kappa shape index (κ1) is 13.1. The van der Waals surface area contributed by atoms with E-state index in [-0.39, 0.29) is 0 Å². The van der Waals surface area contributed by atoms with Gasteiger partial charge in [-0.15, -0.1) is 11.3 Å². The average Bonchev–Trinajstić information content (AvgIpc) is 2.93. The van der Waals surface area contributed by atoms with Gasteiger partial charge in [0.15, 0.2) is 0 Å². The highest BCUT2D eigenvalue weighted by Crippen LogP contribution is 2.29. The lowest BCUT2D eigenvalue weighted by Crippen LogP contribution is -2.38. The molecule has 1 aliphatic heterocycles. The van der Waals surface area contributed by atoms with Crippen molar-refractivity contribution in [3.8, 4) is 0 Å². The van der Waals surface area contributed by atoms with Crippen LogP contribution >= 0.6 is 22.9 Å². The van der Waals surface area contributed by atoms with Crippen molar-refractivity contribution in [1.82, 2.24) is 14.1 Å². The molecule has 8 heteroatoms. The summed E-state index contributed by atoms with van der Waals surface area (Å²) in [4.78, 5) is 0. The summed E-state index contributed by atoms with van der Waals surface area (Å²) in [5.74, 6) is 0. The summed E-state index contributed by atoms with van der Waals surface area (Å²) in [6.45, 7) is 3.29. The molecule has 0 bridgehead atoms. The molecule has 5 nitrogen and oxygen atoms in total. The Hall–Kier alpha value is -0.890. The molecule has 2 aromatic rings. The van der Waals surface area contributed by atoms with Crippen molar-refractivity contribution in [3.63, 3.8) is 0 Å². The zero-order valence-corrected chi connectivity index (χ0v) is 12.6. The monoisotopic (exact) mass is 317 g/mol. The van der Waals surface area contributed by atoms with E-state index in [1.165, 1.54) is 4.31 Å². The van der Waals surface area contributed by atoms with Crippen molar-refractivity contribution in [2.45, 2.75) is 24.2 Å². The van der Waals surface area contributed by atoms with Crippen LogP contribution in [0.1, 0.15) is 11.4 Å². The van der Waals surface area contributed by atoms with E-state index >= 15 is 0 Å². The number of aromatic nitrogens is 2. The van der Waals surface area contributed by atoms with Gasteiger partial charge in [0.2, 0.25) is 0 Å². The standard InChI is InChI=1S/C11H12ClN3O2S2/c1-8-6-9-7-14(4-5-15(9)13-8)19(16,17)11-3-2-10(12)18-11/h2-3,6H,4-5,7H2,1H3. The van der Waals surface area contributed by atoms with Gasteiger partial charge in [0, 0.05) is 6.54 Å². The SMILES string of the molecule is Cc1cc2n(n1)CCN(S(=O)(=O)c1ccc(Cl)s1)C2. The Morgan fingerprint density at radius 2 is 2.16 bits per heavy atom. The van der Waals surface area contributed by atoms with Crippen molar-refractivity contribution in [2.75, 3.05) is 6.54 Å². The first-order chi connectivity index (χ1) is 8.96. The summed E-state index contributed by atoms with van der Waals surface area (Å²) in [5.41, 5.74) is 1.84. The fourth-order valence-corrected chi connectivity index (χ4v) is 5.19. The van der Waals surface area contributed by atoms with Crippen LogP contribution < -0.4 is 0 Å². The van der Waals surface area contributed by atoms with Gasteiger partial charge in [-0.1, -0.05) is 11.6 Å². The largest absolute Gasteiger partial charge is 0.267 e. The minimum atomic E-state index is -3.45. The van der Waals surface area contributed by atoms with Gasteiger partial charge in [-0.25, -0.2) is 8.42 Å². The number of halogens is 1. The van der Waals surface area contributed by atoms with E-state index in [9.17, 15) is 8.42 Å². The van der Waals surface area contributed by atoms with E-state index < -0.39 is 10.0 Å². The van der Waals surface area contributed by atoms with E-state index in [1.54, 1.807) is 12.1 Å². The number of hydrogen-bond donors (Lipinski definition) is 0. The lowest BCUT2D eigenvalue weighted by molar-refractivity contribution is 0.327. The summed E-state index contributed by atoms with van der Waals surface area (Å²) in [5, 5.41) is 4.32. The Bertz CT molecular complexity index is 720. The lowest BCUT2D eigenvalue weighted by Gasteiger charge is -2.26. The van der Waals surface area contributed by atoms with Crippen molar-refractivity contribution in [1.29, 1.82) is 0 Å². The lowest BCUT2D eigenvalue weighted by atomic mass is 10.3. The second-order valence-corrected chi connectivity index (χ2v) is 8.28. The Balaban J connectivity index is 1.92. The molecule has 0 fully saturated rings. The maximum Gasteiger partial charge on any atom is 0.253 e. The van der Waals surface area contributed by atoms with Crippen molar-refractivity contribution in [3.05, 3.63) is 33.9 Å². The van der Waals surface area contributed by atoms with Gasteiger partial charge in [-0.05, 0) is 25.1 Å². The third-order valence-corrected chi connectivity index (χ3v) is 6.57. The third kappa shape index (κ3) is 2.31. The number of rotatable bonds is 2. The van der Waals surface area contributed by atoms with Crippen LogP contribution in [-0.4, -0.2) is 29.0 Å². The molecule has 0 atom stereocenters. The van der Waals surface area contributed by atoms with Crippen LogP contribution in [0.25, 0.3) is 0 Å². The summed E-state index contributed by atoms with van der Waals surface area (Å²) in [6, 6.07) is 5.08. The van der Waals surface area contributed by atoms with Crippen LogP contribution in [0, 0.1) is 6.92 Å². The molecular formula is C11H12ClN3O2S2. The zero-order valence-electron chi connectivity index (χ0n) is 10.2. The predicted molar refractivity (Wildman–Crippen MR) is 73.9 cm³/mol. The number of hydrogen-bond acceptors (Lipinski definition) is 4. The normalized spacial score (nSPS) is 16.5. The summed E-state index contributed by atoms with van der Waals surface area (Å²) in [6.07, 6.45) is 0. The van der Waals surface area contributed by atoms with Gasteiger partial charge in [0.05, 0.1) is 28.8 Å². The molecule has 1 aliphatic rings. The topological polar surface area (TPSA) is 55.2 Å². The molecule has 0 radical (unpaired) electrons. The van der Waals surface area contributed by atoms with Gasteiger partial charge < -0.3 is 0 Å². The Morgan fingerprint density at radius 1 is 1.37 bits per heavy atom. The zero-order chi connectivity index (χ0) is 13.6. The van der Waals surface area contributed by atoms with E-state index in [4.69, 9.17) is 11.6 Å². The van der Waals surface area contributed by atoms with Crippen LogP contribution in [0.5, 0.6) is 0 Å². The van der Waals surface area contributed by atoms with E-state index in [0.29, 0.717) is 28.2 Å². The van der Waals surface area contributed by atoms with Crippen molar-refractivity contribution >= 4 is 33.0 Å². The number of nitrogens with zero attached hydrogens (tertiary/aromatic N) is 3. The number of aryl methyl sites for hydroxylation is 1. The van der Waals surface area contributed by atoms with E-state index in [1.807, 2.05) is 17.7 Å². The van der Waals surface area contributed by atoms with Gasteiger partial charge >= 0.3 is 0 Å². The number of fused-ring (bicyclic) bond motifs is 1. The molecule has 102 valence electrons. The molecule has 19 heavy (non-hydrogen) atoms. The molecule has 0 saturated heterocycles. The van der Waals surface area contributed by atoms with Gasteiger partial charge in [-0.3, -0.25) is 4.68 Å². The molecule has 0 unspecified atom stereocenters. The number of sulfonamides is 1. The Labute approximate surface area is 120 Å². The first-order valence-electron chi connectivity index (χ1n) is 5.75. The molecular weight excluding hydrogens is 306 g/mol. The maximum atomic E-state index is 12.5. The molecule has 0 amide bonds. The van der Waals surface area contributed by atoms with Crippen LogP contribution in [0.3, 0.4) is 0 Å².